The number of benzene rings is 1. The van der Waals surface area contributed by atoms with Crippen LogP contribution in [-0.2, 0) is 19.1 Å². The molecular formula is C17H17N3O6S2. The molecule has 1 aromatic heterocycles. The summed E-state index contributed by atoms with van der Waals surface area (Å²) in [6.45, 7) is -0.0349. The van der Waals surface area contributed by atoms with Gasteiger partial charge < -0.3 is 25.2 Å². The van der Waals surface area contributed by atoms with Gasteiger partial charge in [-0.2, -0.15) is 0 Å². The lowest BCUT2D eigenvalue weighted by Gasteiger charge is -2.15. The highest BCUT2D eigenvalue weighted by Crippen LogP contribution is 2.32. The first kappa shape index (κ1) is 20.1. The van der Waals surface area contributed by atoms with Gasteiger partial charge in [0.25, 0.3) is 5.91 Å². The maximum absolute atomic E-state index is 12.6. The lowest BCUT2D eigenvalue weighted by molar-refractivity contribution is -0.136. The van der Waals surface area contributed by atoms with Crippen LogP contribution in [0.2, 0.25) is 0 Å². The number of carboxylic acid groups (broad SMARTS) is 1. The average Bonchev–Trinajstić information content (AvgIpc) is 3.21. The van der Waals surface area contributed by atoms with E-state index in [2.05, 4.69) is 10.3 Å². The number of aliphatic carboxylic acids is 1. The van der Waals surface area contributed by atoms with Gasteiger partial charge in [0.1, 0.15) is 5.70 Å². The summed E-state index contributed by atoms with van der Waals surface area (Å²) in [4.78, 5) is 41.0. The summed E-state index contributed by atoms with van der Waals surface area (Å²) in [5, 5.41) is 20.9. The molecule has 0 bridgehead atoms. The summed E-state index contributed by atoms with van der Waals surface area (Å²) in [6.07, 6.45) is 0. The van der Waals surface area contributed by atoms with Gasteiger partial charge in [-0.15, -0.1) is 11.3 Å². The van der Waals surface area contributed by atoms with Gasteiger partial charge in [-0.3, -0.25) is 9.59 Å². The number of ether oxygens (including phenoxy) is 1. The van der Waals surface area contributed by atoms with Crippen LogP contribution in [0.25, 0.3) is 10.2 Å². The molecule has 11 heteroatoms. The molecule has 1 aliphatic heterocycles. The van der Waals surface area contributed by atoms with Crippen LogP contribution in [0.1, 0.15) is 0 Å². The van der Waals surface area contributed by atoms with Crippen molar-refractivity contribution >= 4 is 56.8 Å². The van der Waals surface area contributed by atoms with Gasteiger partial charge in [0, 0.05) is 12.2 Å². The summed E-state index contributed by atoms with van der Waals surface area (Å²) < 4.78 is 6.21. The zero-order chi connectivity index (χ0) is 20.3. The van der Waals surface area contributed by atoms with Crippen molar-refractivity contribution < 1.29 is 29.3 Å². The molecule has 9 nitrogen and oxygen atoms in total. The Kier molecular flexibility index (Phi) is 6.17. The van der Waals surface area contributed by atoms with E-state index in [0.29, 0.717) is 15.5 Å². The molecule has 0 fully saturated rings. The number of thioether (sulfide) groups is 1. The molecule has 28 heavy (non-hydrogen) atoms. The number of thiazole rings is 1. The second-order valence-electron chi connectivity index (χ2n) is 5.77. The van der Waals surface area contributed by atoms with Crippen LogP contribution in [0.15, 0.2) is 33.8 Å². The number of nitrogens with zero attached hydrogens (tertiary/aromatic N) is 2. The molecule has 0 aliphatic carbocycles. The monoisotopic (exact) mass is 423 g/mol. The molecule has 148 valence electrons. The Morgan fingerprint density at radius 2 is 2.21 bits per heavy atom. The average molecular weight is 423 g/mol. The lowest BCUT2D eigenvalue weighted by Crippen LogP contribution is -2.31. The topological polar surface area (TPSA) is 129 Å². The van der Waals surface area contributed by atoms with E-state index < -0.39 is 17.8 Å². The van der Waals surface area contributed by atoms with E-state index in [-0.39, 0.29) is 36.7 Å². The van der Waals surface area contributed by atoms with E-state index in [1.807, 2.05) is 0 Å². The zero-order valence-corrected chi connectivity index (χ0v) is 16.4. The third kappa shape index (κ3) is 4.26. The Morgan fingerprint density at radius 3 is 2.89 bits per heavy atom. The maximum Gasteiger partial charge on any atom is 0.337 e. The Bertz CT molecular complexity index is 971. The number of carbonyl (C=O) groups excluding carboxylic acids is 2. The van der Waals surface area contributed by atoms with Crippen LogP contribution in [0.3, 0.4) is 0 Å². The van der Waals surface area contributed by atoms with E-state index in [4.69, 9.17) is 14.9 Å². The Balaban J connectivity index is 1.85. The molecule has 0 saturated carbocycles. The van der Waals surface area contributed by atoms with Gasteiger partial charge in [-0.1, -0.05) is 11.8 Å². The lowest BCUT2D eigenvalue weighted by atomic mass is 10.2. The summed E-state index contributed by atoms with van der Waals surface area (Å²) >= 11 is 2.48. The smallest absolute Gasteiger partial charge is 0.337 e. The fourth-order valence-corrected chi connectivity index (χ4v) is 4.49. The molecule has 0 spiro atoms. The van der Waals surface area contributed by atoms with Crippen LogP contribution < -0.4 is 5.32 Å². The number of hydrogen-bond acceptors (Lipinski definition) is 9. The Labute approximate surface area is 168 Å². The number of aliphatic hydroxyl groups excluding tert-OH is 1. The van der Waals surface area contributed by atoms with Gasteiger partial charge in [0.05, 0.1) is 41.8 Å². The number of anilines is 1. The molecule has 1 aliphatic rings. The fraction of sp³-hybridized carbons (Fsp3) is 0.294. The van der Waals surface area contributed by atoms with Crippen LogP contribution >= 0.6 is 23.1 Å². The summed E-state index contributed by atoms with van der Waals surface area (Å²) in [5.41, 5.74) is 1.61. The van der Waals surface area contributed by atoms with Crippen LogP contribution in [-0.4, -0.2) is 70.5 Å². The first-order chi connectivity index (χ1) is 13.4. The second kappa shape index (κ2) is 8.59. The van der Waals surface area contributed by atoms with Crippen molar-refractivity contribution in [3.63, 3.8) is 0 Å². The highest BCUT2D eigenvalue weighted by Gasteiger charge is 2.34. The van der Waals surface area contributed by atoms with Gasteiger partial charge in [-0.25, -0.2) is 9.78 Å². The van der Waals surface area contributed by atoms with Crippen molar-refractivity contribution in [1.29, 1.82) is 0 Å². The van der Waals surface area contributed by atoms with E-state index >= 15 is 0 Å². The molecule has 3 N–H and O–H groups in total. The number of fused-ring (bicyclic) bond motifs is 1. The molecule has 0 radical (unpaired) electrons. The summed E-state index contributed by atoms with van der Waals surface area (Å²) in [6, 6.07) is 5.25. The third-order valence-corrected chi connectivity index (χ3v) is 6.06. The SMILES string of the molecule is COC(=O)C1=C(Nc2ccc3nc(SCC(=O)O)sc3c2)C(=O)N(CCO)C1. The van der Waals surface area contributed by atoms with Gasteiger partial charge in [0.2, 0.25) is 0 Å². The molecule has 1 amide bonds. The molecule has 2 heterocycles. The second-order valence-corrected chi connectivity index (χ2v) is 8.02. The number of hydrogen-bond donors (Lipinski definition) is 3. The van der Waals surface area contributed by atoms with Crippen molar-refractivity contribution in [3.05, 3.63) is 29.5 Å². The molecule has 0 unspecified atom stereocenters. The van der Waals surface area contributed by atoms with Crippen molar-refractivity contribution in [2.24, 2.45) is 0 Å². The minimum Gasteiger partial charge on any atom is -0.481 e. The number of β-amino-alcohol motifs (C(OH)–C–C–N with tert-alkyl or cyclic N) is 1. The fourth-order valence-electron chi connectivity index (χ4n) is 2.66. The molecular weight excluding hydrogens is 406 g/mol. The predicted octanol–water partition coefficient (Wildman–Crippen LogP) is 1.15. The number of aliphatic hydroxyl groups is 1. The van der Waals surface area contributed by atoms with Crippen LogP contribution in [0.4, 0.5) is 5.69 Å². The van der Waals surface area contributed by atoms with E-state index in [9.17, 15) is 14.4 Å². The molecule has 3 rings (SSSR count). The van der Waals surface area contributed by atoms with E-state index in [0.717, 1.165) is 16.5 Å². The number of rotatable bonds is 8. The molecule has 0 saturated heterocycles. The highest BCUT2D eigenvalue weighted by atomic mass is 32.2. The standard InChI is InChI=1S/C17H17N3O6S2/c1-26-16(25)10-7-20(4-5-21)15(24)14(10)18-9-2-3-11-12(6-9)28-17(19-11)27-8-13(22)23/h2-3,6,18,21H,4-5,7-8H2,1H3,(H,22,23). The number of aromatic nitrogens is 1. The number of carbonyl (C=O) groups is 3. The normalized spacial score (nSPS) is 14.1. The zero-order valence-electron chi connectivity index (χ0n) is 14.8. The largest absolute Gasteiger partial charge is 0.481 e. The van der Waals surface area contributed by atoms with Crippen molar-refractivity contribution in [2.45, 2.75) is 4.34 Å². The van der Waals surface area contributed by atoms with Crippen LogP contribution in [0.5, 0.6) is 0 Å². The van der Waals surface area contributed by atoms with Gasteiger partial charge >= 0.3 is 11.9 Å². The minimum atomic E-state index is -0.916. The number of methoxy groups -OCH3 is 1. The first-order valence-electron chi connectivity index (χ1n) is 8.16. The Hall–Kier alpha value is -2.63. The first-order valence-corrected chi connectivity index (χ1v) is 9.97. The predicted molar refractivity (Wildman–Crippen MR) is 104 cm³/mol. The number of amides is 1. The Morgan fingerprint density at radius 1 is 1.43 bits per heavy atom. The number of nitrogens with one attached hydrogen (secondary N) is 1. The number of esters is 1. The van der Waals surface area contributed by atoms with Gasteiger partial charge in [-0.05, 0) is 18.2 Å². The van der Waals surface area contributed by atoms with Crippen LogP contribution in [0, 0.1) is 0 Å². The highest BCUT2D eigenvalue weighted by molar-refractivity contribution is 8.01. The third-order valence-electron chi connectivity index (χ3n) is 3.91. The van der Waals surface area contributed by atoms with Crippen molar-refractivity contribution in [2.75, 3.05) is 37.9 Å². The van der Waals surface area contributed by atoms with Gasteiger partial charge in [0.15, 0.2) is 4.34 Å². The molecule has 2 aromatic rings. The van der Waals surface area contributed by atoms with Crippen molar-refractivity contribution in [1.82, 2.24) is 9.88 Å². The maximum atomic E-state index is 12.6. The molecule has 0 atom stereocenters. The number of carboxylic acids is 1. The van der Waals surface area contributed by atoms with E-state index in [1.54, 1.807) is 18.2 Å². The summed E-state index contributed by atoms with van der Waals surface area (Å²) in [7, 11) is 1.24. The quantitative estimate of drug-likeness (QED) is 0.423. The van der Waals surface area contributed by atoms with E-state index in [1.165, 1.54) is 23.3 Å². The minimum absolute atomic E-state index is 0.0627. The van der Waals surface area contributed by atoms with Crippen molar-refractivity contribution in [3.8, 4) is 0 Å². The summed E-state index contributed by atoms with van der Waals surface area (Å²) in [5.74, 6) is -1.99. The molecule has 1 aromatic carbocycles.